The molecule has 5 rings (SSSR count). The van der Waals surface area contributed by atoms with E-state index in [-0.39, 0.29) is 36.3 Å². The van der Waals surface area contributed by atoms with Crippen LogP contribution < -0.4 is 5.56 Å². The quantitative estimate of drug-likeness (QED) is 0.497. The molecule has 8 nitrogen and oxygen atoms in total. The van der Waals surface area contributed by atoms with Crippen molar-refractivity contribution in [1.82, 2.24) is 9.55 Å². The molecule has 160 valence electrons. The average molecular weight is 422 g/mol. The second-order valence-electron chi connectivity index (χ2n) is 7.72. The molecule has 0 saturated carbocycles. The van der Waals surface area contributed by atoms with E-state index in [0.717, 1.165) is 16.5 Å². The Hall–Kier alpha value is -3.07. The van der Waals surface area contributed by atoms with Crippen molar-refractivity contribution in [2.75, 3.05) is 20.3 Å². The van der Waals surface area contributed by atoms with Crippen LogP contribution in [0.3, 0.4) is 0 Å². The highest BCUT2D eigenvalue weighted by atomic mass is 16.6. The number of benzene rings is 1. The Balaban J connectivity index is 1.78. The summed E-state index contributed by atoms with van der Waals surface area (Å²) in [5.74, 6) is -0.746. The van der Waals surface area contributed by atoms with Crippen molar-refractivity contribution < 1.29 is 24.1 Å². The fraction of sp³-hybridized carbons (Fsp3) is 0.348. The van der Waals surface area contributed by atoms with Crippen LogP contribution in [0.25, 0.3) is 22.3 Å². The summed E-state index contributed by atoms with van der Waals surface area (Å²) in [6.45, 7) is 2.14. The predicted molar refractivity (Wildman–Crippen MR) is 111 cm³/mol. The largest absolute Gasteiger partial charge is 0.458 e. The molecule has 0 radical (unpaired) electrons. The summed E-state index contributed by atoms with van der Waals surface area (Å²) in [7, 11) is 1.58. The van der Waals surface area contributed by atoms with Gasteiger partial charge in [-0.25, -0.2) is 9.78 Å². The first kappa shape index (κ1) is 19.9. The van der Waals surface area contributed by atoms with Crippen LogP contribution >= 0.6 is 0 Å². The molecule has 0 spiro atoms. The summed E-state index contributed by atoms with van der Waals surface area (Å²) in [6, 6.07) is 11.3. The van der Waals surface area contributed by atoms with Crippen molar-refractivity contribution >= 4 is 16.9 Å². The number of aliphatic hydroxyl groups is 1. The number of ether oxygens (including phenoxy) is 3. The minimum absolute atomic E-state index is 0.0908. The summed E-state index contributed by atoms with van der Waals surface area (Å²) in [5, 5.41) is 12.0. The minimum atomic E-state index is -1.87. The zero-order chi connectivity index (χ0) is 21.8. The first-order valence-electron chi connectivity index (χ1n) is 10.2. The number of hydrogen-bond acceptors (Lipinski definition) is 7. The zero-order valence-electron chi connectivity index (χ0n) is 17.3. The number of esters is 1. The lowest BCUT2D eigenvalue weighted by atomic mass is 9.86. The van der Waals surface area contributed by atoms with Gasteiger partial charge >= 0.3 is 5.97 Å². The molecule has 4 heterocycles. The van der Waals surface area contributed by atoms with E-state index >= 15 is 0 Å². The number of pyridine rings is 2. The van der Waals surface area contributed by atoms with E-state index in [9.17, 15) is 14.7 Å². The van der Waals surface area contributed by atoms with Crippen molar-refractivity contribution in [3.05, 3.63) is 63.4 Å². The van der Waals surface area contributed by atoms with Gasteiger partial charge in [0.15, 0.2) is 11.8 Å². The molecule has 0 amide bonds. The van der Waals surface area contributed by atoms with Crippen LogP contribution in [0.5, 0.6) is 0 Å². The molecule has 0 saturated heterocycles. The van der Waals surface area contributed by atoms with Gasteiger partial charge in [0, 0.05) is 23.6 Å². The molecule has 31 heavy (non-hydrogen) atoms. The molecular formula is C23H22N2O6. The van der Waals surface area contributed by atoms with Gasteiger partial charge in [0.1, 0.15) is 6.61 Å². The van der Waals surface area contributed by atoms with Crippen molar-refractivity contribution in [2.45, 2.75) is 31.8 Å². The fourth-order valence-corrected chi connectivity index (χ4v) is 4.36. The number of cyclic esters (lactones) is 1. The maximum absolute atomic E-state index is 13.5. The smallest absolute Gasteiger partial charge is 0.343 e. The number of aromatic nitrogens is 2. The average Bonchev–Trinajstić information content (AvgIpc) is 3.08. The van der Waals surface area contributed by atoms with E-state index in [1.807, 2.05) is 30.3 Å². The first-order valence-corrected chi connectivity index (χ1v) is 10.2. The van der Waals surface area contributed by atoms with Gasteiger partial charge in [-0.2, -0.15) is 0 Å². The van der Waals surface area contributed by atoms with E-state index in [2.05, 4.69) is 0 Å². The van der Waals surface area contributed by atoms with Gasteiger partial charge in [-0.05, 0) is 24.6 Å². The molecule has 2 aliphatic heterocycles. The molecule has 1 N–H and O–H groups in total. The van der Waals surface area contributed by atoms with Crippen LogP contribution in [0.15, 0.2) is 41.2 Å². The van der Waals surface area contributed by atoms with Gasteiger partial charge in [0.2, 0.25) is 0 Å². The first-order chi connectivity index (χ1) is 15.0. The SMILES string of the molecule is CC[C@@]1(O)C(=O)OCc2c1cc1n(c2=O)C(OCCOC)c2cc3ccccc3nc2-1. The number of carbonyl (C=O) groups is 1. The van der Waals surface area contributed by atoms with Crippen molar-refractivity contribution in [1.29, 1.82) is 0 Å². The molecule has 1 aromatic carbocycles. The molecule has 0 bridgehead atoms. The van der Waals surface area contributed by atoms with Gasteiger partial charge in [-0.3, -0.25) is 9.36 Å². The van der Waals surface area contributed by atoms with E-state index in [0.29, 0.717) is 18.0 Å². The minimum Gasteiger partial charge on any atom is -0.458 e. The third-order valence-electron chi connectivity index (χ3n) is 6.05. The topological polar surface area (TPSA) is 99.9 Å². The third kappa shape index (κ3) is 2.83. The number of para-hydroxylation sites is 1. The van der Waals surface area contributed by atoms with Gasteiger partial charge in [-0.15, -0.1) is 0 Å². The Morgan fingerprint density at radius 1 is 1.26 bits per heavy atom. The van der Waals surface area contributed by atoms with Crippen LogP contribution in [0.4, 0.5) is 0 Å². The molecule has 8 heteroatoms. The third-order valence-corrected chi connectivity index (χ3v) is 6.05. The lowest BCUT2D eigenvalue weighted by molar-refractivity contribution is -0.172. The zero-order valence-corrected chi connectivity index (χ0v) is 17.3. The number of fused-ring (bicyclic) bond motifs is 5. The highest BCUT2D eigenvalue weighted by molar-refractivity contribution is 5.86. The van der Waals surface area contributed by atoms with Gasteiger partial charge in [0.05, 0.1) is 35.7 Å². The molecule has 0 fully saturated rings. The lowest BCUT2D eigenvalue weighted by Crippen LogP contribution is -2.44. The van der Waals surface area contributed by atoms with Crippen molar-refractivity contribution in [2.24, 2.45) is 0 Å². The Morgan fingerprint density at radius 3 is 2.84 bits per heavy atom. The molecule has 0 aliphatic carbocycles. The molecule has 2 aliphatic rings. The summed E-state index contributed by atoms with van der Waals surface area (Å²) in [6.07, 6.45) is -0.601. The highest BCUT2D eigenvalue weighted by Gasteiger charge is 2.46. The number of carbonyl (C=O) groups excluding carboxylic acids is 1. The monoisotopic (exact) mass is 422 g/mol. The molecule has 2 aromatic heterocycles. The lowest BCUT2D eigenvalue weighted by Gasteiger charge is -2.32. The van der Waals surface area contributed by atoms with E-state index < -0.39 is 17.8 Å². The van der Waals surface area contributed by atoms with Gasteiger partial charge in [-0.1, -0.05) is 25.1 Å². The molecule has 1 unspecified atom stereocenters. The van der Waals surface area contributed by atoms with Crippen LogP contribution in [0.2, 0.25) is 0 Å². The highest BCUT2D eigenvalue weighted by Crippen LogP contribution is 2.42. The normalized spacial score (nSPS) is 21.5. The number of methoxy groups -OCH3 is 1. The van der Waals surface area contributed by atoms with Crippen LogP contribution in [-0.2, 0) is 31.2 Å². The van der Waals surface area contributed by atoms with Gasteiger partial charge < -0.3 is 19.3 Å². The second kappa shape index (κ2) is 7.26. The molecule has 3 aromatic rings. The Labute approximate surface area is 178 Å². The summed E-state index contributed by atoms with van der Waals surface area (Å²) >= 11 is 0. The van der Waals surface area contributed by atoms with Crippen LogP contribution in [-0.4, -0.2) is 41.0 Å². The summed E-state index contributed by atoms with van der Waals surface area (Å²) in [4.78, 5) is 30.7. The Bertz CT molecular complexity index is 1270. The maximum atomic E-state index is 13.5. The fourth-order valence-electron chi connectivity index (χ4n) is 4.36. The maximum Gasteiger partial charge on any atom is 0.343 e. The molecule has 2 atom stereocenters. The van der Waals surface area contributed by atoms with Crippen molar-refractivity contribution in [3.8, 4) is 11.4 Å². The van der Waals surface area contributed by atoms with Crippen molar-refractivity contribution in [3.63, 3.8) is 0 Å². The number of hydrogen-bond donors (Lipinski definition) is 1. The second-order valence-corrected chi connectivity index (χ2v) is 7.72. The van der Waals surface area contributed by atoms with E-state index in [1.165, 1.54) is 4.57 Å². The summed E-state index contributed by atoms with van der Waals surface area (Å²) < 4.78 is 17.8. The van der Waals surface area contributed by atoms with Crippen LogP contribution in [0.1, 0.15) is 36.3 Å². The number of nitrogens with zero attached hydrogens (tertiary/aromatic N) is 2. The Morgan fingerprint density at radius 2 is 2.06 bits per heavy atom. The van der Waals surface area contributed by atoms with Crippen LogP contribution in [0, 0.1) is 0 Å². The summed E-state index contributed by atoms with van der Waals surface area (Å²) in [5.41, 5.74) is 0.936. The predicted octanol–water partition coefficient (Wildman–Crippen LogP) is 2.24. The Kier molecular flexibility index (Phi) is 4.65. The number of rotatable bonds is 5. The molecular weight excluding hydrogens is 400 g/mol. The van der Waals surface area contributed by atoms with E-state index in [4.69, 9.17) is 19.2 Å². The van der Waals surface area contributed by atoms with E-state index in [1.54, 1.807) is 20.1 Å². The standard InChI is InChI=1S/C23H22N2O6/c1-3-23(28)16-11-18-19-14(10-13-6-4-5-7-17(13)24-19)21(30-9-8-29-2)25(18)20(26)15(16)12-31-22(23)27/h4-7,10-11,21,28H,3,8-9,12H2,1-2H3/t21?,23-/m0/s1. The van der Waals surface area contributed by atoms with Gasteiger partial charge in [0.25, 0.3) is 5.56 Å².